The van der Waals surface area contributed by atoms with Gasteiger partial charge in [0.15, 0.2) is 0 Å². The van der Waals surface area contributed by atoms with Crippen molar-refractivity contribution < 1.29 is 9.32 Å². The molecule has 1 N–H and O–H groups in total. The van der Waals surface area contributed by atoms with Gasteiger partial charge in [-0.3, -0.25) is 4.21 Å². The topological polar surface area (TPSA) is 37.3 Å². The van der Waals surface area contributed by atoms with E-state index in [1.807, 2.05) is 0 Å². The summed E-state index contributed by atoms with van der Waals surface area (Å²) in [6, 6.07) is 0. The van der Waals surface area contributed by atoms with Crippen LogP contribution in [0.2, 0.25) is 19.6 Å². The Labute approximate surface area is 102 Å². The van der Waals surface area contributed by atoms with E-state index in [1.165, 1.54) is 0 Å². The van der Waals surface area contributed by atoms with Gasteiger partial charge in [-0.05, 0) is 25.7 Å². The first-order valence-corrected chi connectivity index (χ1v) is 10.8. The highest BCUT2D eigenvalue weighted by Crippen LogP contribution is 2.45. The van der Waals surface area contributed by atoms with Crippen molar-refractivity contribution in [1.82, 2.24) is 0 Å². The normalized spacial score (nSPS) is 43.4. The average molecular weight is 258 g/mol. The number of fused-ring (bicyclic) bond motifs is 2. The van der Waals surface area contributed by atoms with Crippen LogP contribution in [-0.2, 0) is 10.8 Å². The van der Waals surface area contributed by atoms with Crippen molar-refractivity contribution in [2.45, 2.75) is 61.4 Å². The number of rotatable bonds is 2. The lowest BCUT2D eigenvalue weighted by molar-refractivity contribution is 0.0664. The summed E-state index contributed by atoms with van der Waals surface area (Å²) >= 11 is 0. The summed E-state index contributed by atoms with van der Waals surface area (Å²) in [6.07, 6.45) is 3.41. The third-order valence-electron chi connectivity index (χ3n) is 4.07. The summed E-state index contributed by atoms with van der Waals surface area (Å²) in [5.41, 5.74) is -0.718. The fourth-order valence-electron chi connectivity index (χ4n) is 3.03. The summed E-state index contributed by atoms with van der Waals surface area (Å²) in [5.74, 6) is 0. The number of aliphatic hydroxyl groups is 1. The Kier molecular flexibility index (Phi) is 2.96. The van der Waals surface area contributed by atoms with Crippen LogP contribution in [0.15, 0.2) is 11.8 Å². The van der Waals surface area contributed by atoms with Crippen LogP contribution in [0.3, 0.4) is 0 Å². The Morgan fingerprint density at radius 1 is 1.31 bits per heavy atom. The molecule has 0 spiro atoms. The van der Waals surface area contributed by atoms with Gasteiger partial charge in [0.25, 0.3) is 0 Å². The molecule has 0 aromatic carbocycles. The highest BCUT2D eigenvalue weighted by atomic mass is 32.2. The molecule has 2 bridgehead atoms. The molecule has 0 aromatic heterocycles. The molecule has 92 valence electrons. The molecule has 0 aliphatic carbocycles. The van der Waals surface area contributed by atoms with E-state index in [0.717, 1.165) is 18.0 Å². The van der Waals surface area contributed by atoms with Gasteiger partial charge in [-0.25, -0.2) is 0 Å². The molecule has 0 aromatic rings. The van der Waals surface area contributed by atoms with Crippen molar-refractivity contribution in [2.75, 3.05) is 0 Å². The minimum atomic E-state index is -1.52. The van der Waals surface area contributed by atoms with Crippen molar-refractivity contribution in [2.24, 2.45) is 0 Å². The van der Waals surface area contributed by atoms with Crippen molar-refractivity contribution in [1.29, 1.82) is 0 Å². The molecule has 0 radical (unpaired) electrons. The van der Waals surface area contributed by atoms with Crippen LogP contribution in [0, 0.1) is 0 Å². The highest BCUT2D eigenvalue weighted by molar-refractivity contribution is 7.86. The highest BCUT2D eigenvalue weighted by Gasteiger charge is 2.50. The second-order valence-corrected chi connectivity index (χ2v) is 13.4. The SMILES string of the molecule is C=C(C1(O)CC2CCC(C1)S2=O)[Si](C)(C)C. The van der Waals surface area contributed by atoms with Gasteiger partial charge in [-0.15, -0.1) is 6.58 Å². The predicted octanol–water partition coefficient (Wildman–Crippen LogP) is 2.22. The van der Waals surface area contributed by atoms with Gasteiger partial charge in [0.2, 0.25) is 0 Å². The quantitative estimate of drug-likeness (QED) is 0.771. The van der Waals surface area contributed by atoms with Crippen LogP contribution in [0.4, 0.5) is 0 Å². The molecule has 4 heteroatoms. The molecule has 2 aliphatic heterocycles. The Morgan fingerprint density at radius 2 is 1.75 bits per heavy atom. The number of hydrogen-bond acceptors (Lipinski definition) is 2. The van der Waals surface area contributed by atoms with Crippen LogP contribution in [-0.4, -0.2) is 33.5 Å². The first kappa shape index (κ1) is 12.5. The third kappa shape index (κ3) is 1.95. The molecule has 2 fully saturated rings. The maximum atomic E-state index is 11.9. The molecule has 0 amide bonds. The van der Waals surface area contributed by atoms with Crippen LogP contribution in [0.25, 0.3) is 0 Å². The smallest absolute Gasteiger partial charge is 0.0842 e. The van der Waals surface area contributed by atoms with Gasteiger partial charge in [-0.2, -0.15) is 0 Å². The average Bonchev–Trinajstić information content (AvgIpc) is 2.40. The van der Waals surface area contributed by atoms with E-state index in [-0.39, 0.29) is 10.5 Å². The van der Waals surface area contributed by atoms with Gasteiger partial charge in [0, 0.05) is 21.3 Å². The monoisotopic (exact) mass is 258 g/mol. The molecule has 0 saturated carbocycles. The summed E-state index contributed by atoms with van der Waals surface area (Å²) in [5, 5.41) is 12.3. The first-order valence-electron chi connectivity index (χ1n) is 6.06. The lowest BCUT2D eigenvalue weighted by Gasteiger charge is -2.41. The fourth-order valence-corrected chi connectivity index (χ4v) is 6.79. The standard InChI is InChI=1S/C12H22O2SSi/c1-9(16(2,3)4)12(13)7-10-5-6-11(8-12)15(10)14/h10-11,13H,1,5-8H2,2-4H3. The van der Waals surface area contributed by atoms with Crippen molar-refractivity contribution in [3.63, 3.8) is 0 Å². The van der Waals surface area contributed by atoms with Crippen LogP contribution in [0.5, 0.6) is 0 Å². The summed E-state index contributed by atoms with van der Waals surface area (Å²) in [4.78, 5) is 0. The molecule has 2 saturated heterocycles. The zero-order valence-corrected chi connectivity index (χ0v) is 12.3. The van der Waals surface area contributed by atoms with E-state index < -0.39 is 24.5 Å². The predicted molar refractivity (Wildman–Crippen MR) is 71.6 cm³/mol. The van der Waals surface area contributed by atoms with E-state index in [4.69, 9.17) is 0 Å². The summed E-state index contributed by atoms with van der Waals surface area (Å²) < 4.78 is 11.9. The Bertz CT molecular complexity index is 329. The molecule has 2 heterocycles. The Balaban J connectivity index is 2.23. The maximum absolute atomic E-state index is 11.9. The lowest BCUT2D eigenvalue weighted by Crippen LogP contribution is -2.49. The van der Waals surface area contributed by atoms with E-state index in [2.05, 4.69) is 26.2 Å². The van der Waals surface area contributed by atoms with Gasteiger partial charge in [0.05, 0.1) is 13.7 Å². The van der Waals surface area contributed by atoms with Crippen molar-refractivity contribution >= 4 is 18.9 Å². The van der Waals surface area contributed by atoms with E-state index in [0.29, 0.717) is 12.8 Å². The molecule has 2 unspecified atom stereocenters. The van der Waals surface area contributed by atoms with Crippen LogP contribution < -0.4 is 0 Å². The molecule has 2 atom stereocenters. The number of hydrogen-bond donors (Lipinski definition) is 1. The van der Waals surface area contributed by atoms with Gasteiger partial charge >= 0.3 is 0 Å². The van der Waals surface area contributed by atoms with Gasteiger partial charge in [-0.1, -0.05) is 24.8 Å². The van der Waals surface area contributed by atoms with E-state index in [1.54, 1.807) is 0 Å². The van der Waals surface area contributed by atoms with Crippen LogP contribution >= 0.6 is 0 Å². The van der Waals surface area contributed by atoms with Gasteiger partial charge < -0.3 is 5.11 Å². The minimum Gasteiger partial charge on any atom is -0.386 e. The van der Waals surface area contributed by atoms with Crippen molar-refractivity contribution in [3.8, 4) is 0 Å². The van der Waals surface area contributed by atoms with Gasteiger partial charge in [0.1, 0.15) is 0 Å². The Morgan fingerprint density at radius 3 is 2.12 bits per heavy atom. The lowest BCUT2D eigenvalue weighted by atomic mass is 9.93. The van der Waals surface area contributed by atoms with E-state index in [9.17, 15) is 9.32 Å². The van der Waals surface area contributed by atoms with E-state index >= 15 is 0 Å². The first-order chi connectivity index (χ1) is 7.24. The minimum absolute atomic E-state index is 0.219. The Hall–Kier alpha value is 0.0669. The van der Waals surface area contributed by atoms with Crippen molar-refractivity contribution in [3.05, 3.63) is 11.8 Å². The molecule has 2 rings (SSSR count). The fraction of sp³-hybridized carbons (Fsp3) is 0.833. The molecular weight excluding hydrogens is 236 g/mol. The zero-order chi connectivity index (χ0) is 12.1. The third-order valence-corrected chi connectivity index (χ3v) is 8.46. The van der Waals surface area contributed by atoms with Crippen LogP contribution in [0.1, 0.15) is 25.7 Å². The largest absolute Gasteiger partial charge is 0.386 e. The molecular formula is C12H22O2SSi. The second-order valence-electron chi connectivity index (χ2n) is 6.32. The zero-order valence-electron chi connectivity index (χ0n) is 10.5. The molecule has 2 aliphatic rings. The maximum Gasteiger partial charge on any atom is 0.0842 e. The molecule has 2 nitrogen and oxygen atoms in total. The summed E-state index contributed by atoms with van der Waals surface area (Å²) in [6.45, 7) is 10.8. The second kappa shape index (κ2) is 3.78. The molecule has 16 heavy (non-hydrogen) atoms. The summed E-state index contributed by atoms with van der Waals surface area (Å²) in [7, 11) is -2.21.